The number of nitrogens with one attached hydrogen (secondary N) is 1. The molecule has 1 N–H and O–H groups in total. The standard InChI is InChI=1S/C17H21FN2S/c1-2-15(9-12-3-4-12)19-10-16-11-21-17(20-16)13-5-7-14(18)8-6-13/h5-8,11-12,15,19H,2-4,9-10H2,1H3. The fourth-order valence-corrected chi connectivity index (χ4v) is 3.34. The van der Waals surface area contributed by atoms with Gasteiger partial charge in [-0.1, -0.05) is 19.8 Å². The number of hydrogen-bond donors (Lipinski definition) is 1. The van der Waals surface area contributed by atoms with Crippen molar-refractivity contribution < 1.29 is 4.39 Å². The zero-order valence-electron chi connectivity index (χ0n) is 12.3. The molecule has 0 saturated heterocycles. The van der Waals surface area contributed by atoms with Crippen LogP contribution in [0.3, 0.4) is 0 Å². The van der Waals surface area contributed by atoms with Crippen molar-refractivity contribution in [2.75, 3.05) is 0 Å². The van der Waals surface area contributed by atoms with Crippen LogP contribution in [0.25, 0.3) is 10.6 Å². The van der Waals surface area contributed by atoms with Crippen LogP contribution in [-0.4, -0.2) is 11.0 Å². The van der Waals surface area contributed by atoms with Gasteiger partial charge in [0, 0.05) is 23.5 Å². The Labute approximate surface area is 129 Å². The highest BCUT2D eigenvalue weighted by atomic mass is 32.1. The topological polar surface area (TPSA) is 24.9 Å². The van der Waals surface area contributed by atoms with Gasteiger partial charge in [-0.15, -0.1) is 11.3 Å². The molecule has 3 rings (SSSR count). The van der Waals surface area contributed by atoms with E-state index >= 15 is 0 Å². The molecule has 1 aromatic heterocycles. The van der Waals surface area contributed by atoms with Crippen LogP contribution in [0.2, 0.25) is 0 Å². The molecule has 1 aromatic carbocycles. The van der Waals surface area contributed by atoms with Crippen LogP contribution in [0, 0.1) is 11.7 Å². The van der Waals surface area contributed by atoms with Gasteiger partial charge in [0.1, 0.15) is 10.8 Å². The summed E-state index contributed by atoms with van der Waals surface area (Å²) in [5, 5.41) is 6.67. The summed E-state index contributed by atoms with van der Waals surface area (Å²) in [6.45, 7) is 3.06. The summed E-state index contributed by atoms with van der Waals surface area (Å²) in [5.74, 6) is 0.746. The predicted molar refractivity (Wildman–Crippen MR) is 85.8 cm³/mol. The Morgan fingerprint density at radius 1 is 1.33 bits per heavy atom. The number of rotatable bonds is 7. The molecule has 2 nitrogen and oxygen atoms in total. The van der Waals surface area contributed by atoms with Crippen LogP contribution in [0.1, 0.15) is 38.3 Å². The Morgan fingerprint density at radius 2 is 2.10 bits per heavy atom. The van der Waals surface area contributed by atoms with Crippen molar-refractivity contribution in [3.63, 3.8) is 0 Å². The van der Waals surface area contributed by atoms with Crippen molar-refractivity contribution in [2.45, 2.75) is 45.2 Å². The van der Waals surface area contributed by atoms with Gasteiger partial charge in [0.2, 0.25) is 0 Å². The van der Waals surface area contributed by atoms with Crippen molar-refractivity contribution in [2.24, 2.45) is 5.92 Å². The molecule has 1 unspecified atom stereocenters. The second kappa shape index (κ2) is 6.67. The van der Waals surface area contributed by atoms with Gasteiger partial charge >= 0.3 is 0 Å². The van der Waals surface area contributed by atoms with Gasteiger partial charge in [-0.25, -0.2) is 9.37 Å². The zero-order valence-corrected chi connectivity index (χ0v) is 13.1. The zero-order chi connectivity index (χ0) is 14.7. The molecule has 4 heteroatoms. The second-order valence-corrected chi connectivity index (χ2v) is 6.67. The number of thiazole rings is 1. The molecule has 1 atom stereocenters. The molecule has 1 aliphatic carbocycles. The van der Waals surface area contributed by atoms with Crippen LogP contribution in [0.4, 0.5) is 4.39 Å². The third-order valence-corrected chi connectivity index (χ3v) is 4.96. The number of nitrogens with zero attached hydrogens (tertiary/aromatic N) is 1. The summed E-state index contributed by atoms with van der Waals surface area (Å²) in [6.07, 6.45) is 5.28. The Hall–Kier alpha value is -1.26. The average molecular weight is 304 g/mol. The minimum atomic E-state index is -0.206. The first kappa shape index (κ1) is 14.7. The average Bonchev–Trinajstić information content (AvgIpc) is 3.19. The van der Waals surface area contributed by atoms with Crippen LogP contribution < -0.4 is 5.32 Å². The molecule has 0 aliphatic heterocycles. The summed E-state index contributed by atoms with van der Waals surface area (Å²) in [5.41, 5.74) is 2.06. The van der Waals surface area contributed by atoms with E-state index in [9.17, 15) is 4.39 Å². The largest absolute Gasteiger partial charge is 0.308 e. The number of benzene rings is 1. The van der Waals surface area contributed by atoms with Crippen molar-refractivity contribution in [3.05, 3.63) is 41.2 Å². The van der Waals surface area contributed by atoms with Gasteiger partial charge in [-0.05, 0) is 43.0 Å². The molecule has 0 bridgehead atoms. The summed E-state index contributed by atoms with van der Waals surface area (Å²) in [4.78, 5) is 4.64. The van der Waals surface area contributed by atoms with E-state index in [2.05, 4.69) is 22.6 Å². The van der Waals surface area contributed by atoms with Gasteiger partial charge in [-0.2, -0.15) is 0 Å². The van der Waals surface area contributed by atoms with E-state index in [0.717, 1.165) is 28.7 Å². The second-order valence-electron chi connectivity index (χ2n) is 5.82. The fraction of sp³-hybridized carbons (Fsp3) is 0.471. The molecule has 112 valence electrons. The van der Waals surface area contributed by atoms with Gasteiger partial charge in [-0.3, -0.25) is 0 Å². The smallest absolute Gasteiger partial charge is 0.123 e. The third-order valence-electron chi connectivity index (χ3n) is 4.02. The van der Waals surface area contributed by atoms with E-state index in [1.54, 1.807) is 23.5 Å². The summed E-state index contributed by atoms with van der Waals surface area (Å²) < 4.78 is 12.9. The van der Waals surface area contributed by atoms with E-state index in [1.807, 2.05) is 0 Å². The lowest BCUT2D eigenvalue weighted by atomic mass is 10.1. The fourth-order valence-electron chi connectivity index (χ4n) is 2.51. The number of halogens is 1. The Kier molecular flexibility index (Phi) is 4.66. The SMILES string of the molecule is CCC(CC1CC1)NCc1csc(-c2ccc(F)cc2)n1. The lowest BCUT2D eigenvalue weighted by molar-refractivity contribution is 0.443. The van der Waals surface area contributed by atoms with Crippen molar-refractivity contribution in [1.29, 1.82) is 0 Å². The number of hydrogen-bond acceptors (Lipinski definition) is 3. The van der Waals surface area contributed by atoms with Gasteiger partial charge in [0.15, 0.2) is 0 Å². The normalized spacial score (nSPS) is 16.1. The van der Waals surface area contributed by atoms with Crippen molar-refractivity contribution in [3.8, 4) is 10.6 Å². The predicted octanol–water partition coefficient (Wildman–Crippen LogP) is 4.62. The molecule has 1 aliphatic rings. The Bertz CT molecular complexity index is 575. The first-order valence-electron chi connectivity index (χ1n) is 7.68. The molecule has 2 aromatic rings. The lowest BCUT2D eigenvalue weighted by Gasteiger charge is -2.15. The van der Waals surface area contributed by atoms with Gasteiger partial charge < -0.3 is 5.32 Å². The monoisotopic (exact) mass is 304 g/mol. The van der Waals surface area contributed by atoms with E-state index in [0.29, 0.717) is 6.04 Å². The van der Waals surface area contributed by atoms with E-state index in [-0.39, 0.29) is 5.82 Å². The molecular formula is C17H21FN2S. The Morgan fingerprint density at radius 3 is 2.76 bits per heavy atom. The molecule has 0 spiro atoms. The van der Waals surface area contributed by atoms with E-state index in [1.165, 1.54) is 37.8 Å². The minimum Gasteiger partial charge on any atom is -0.308 e. The first-order chi connectivity index (χ1) is 10.2. The minimum absolute atomic E-state index is 0.206. The van der Waals surface area contributed by atoms with Crippen LogP contribution in [0.5, 0.6) is 0 Å². The highest BCUT2D eigenvalue weighted by molar-refractivity contribution is 7.13. The lowest BCUT2D eigenvalue weighted by Crippen LogP contribution is -2.28. The molecule has 1 saturated carbocycles. The Balaban J connectivity index is 1.57. The molecule has 1 fully saturated rings. The van der Waals surface area contributed by atoms with Gasteiger partial charge in [0.25, 0.3) is 0 Å². The maximum Gasteiger partial charge on any atom is 0.123 e. The van der Waals surface area contributed by atoms with Crippen molar-refractivity contribution in [1.82, 2.24) is 10.3 Å². The first-order valence-corrected chi connectivity index (χ1v) is 8.56. The summed E-state index contributed by atoms with van der Waals surface area (Å²) >= 11 is 1.62. The molecule has 0 amide bonds. The maximum atomic E-state index is 12.9. The van der Waals surface area contributed by atoms with Crippen molar-refractivity contribution >= 4 is 11.3 Å². The molecule has 0 radical (unpaired) electrons. The van der Waals surface area contributed by atoms with Gasteiger partial charge in [0.05, 0.1) is 5.69 Å². The summed E-state index contributed by atoms with van der Waals surface area (Å²) in [6, 6.07) is 7.14. The molecular weight excluding hydrogens is 283 g/mol. The van der Waals surface area contributed by atoms with E-state index in [4.69, 9.17) is 0 Å². The highest BCUT2D eigenvalue weighted by Gasteiger charge is 2.24. The van der Waals surface area contributed by atoms with Crippen LogP contribution >= 0.6 is 11.3 Å². The van der Waals surface area contributed by atoms with Crippen LogP contribution in [0.15, 0.2) is 29.6 Å². The molecule has 21 heavy (non-hydrogen) atoms. The summed E-state index contributed by atoms with van der Waals surface area (Å²) in [7, 11) is 0. The van der Waals surface area contributed by atoms with Crippen LogP contribution in [-0.2, 0) is 6.54 Å². The number of aromatic nitrogens is 1. The quantitative estimate of drug-likeness (QED) is 0.807. The van der Waals surface area contributed by atoms with E-state index < -0.39 is 0 Å². The maximum absolute atomic E-state index is 12.9. The molecule has 1 heterocycles. The highest BCUT2D eigenvalue weighted by Crippen LogP contribution is 2.34. The third kappa shape index (κ3) is 4.11.